The van der Waals surface area contributed by atoms with E-state index < -0.39 is 16.1 Å². The number of carbonyl (C=O) groups excluding carboxylic acids is 2. The molecule has 2 rings (SSSR count). The second-order valence-corrected chi connectivity index (χ2v) is 12.1. The molecule has 8 nitrogen and oxygen atoms in total. The largest absolute Gasteiger partial charge is 0.497 e. The number of rotatable bonds is 14. The molecule has 0 heterocycles. The number of benzene rings is 2. The molecule has 1 N–H and O–H groups in total. The molecule has 0 bridgehead atoms. The summed E-state index contributed by atoms with van der Waals surface area (Å²) < 4.78 is 31.7. The maximum absolute atomic E-state index is 13.5. The molecule has 0 saturated carbocycles. The van der Waals surface area contributed by atoms with Gasteiger partial charge in [-0.1, -0.05) is 50.6 Å². The predicted molar refractivity (Wildman–Crippen MR) is 153 cm³/mol. The highest BCUT2D eigenvalue weighted by Gasteiger charge is 2.29. The molecule has 0 fully saturated rings. The predicted octanol–water partition coefficient (Wildman–Crippen LogP) is 4.78. The molecule has 38 heavy (non-hydrogen) atoms. The monoisotopic (exact) mass is 565 g/mol. The quantitative estimate of drug-likeness (QED) is 0.355. The Labute approximate surface area is 232 Å². The molecule has 10 heteroatoms. The average molecular weight is 566 g/mol. The summed E-state index contributed by atoms with van der Waals surface area (Å²) in [6.07, 6.45) is 1.94. The van der Waals surface area contributed by atoms with Crippen molar-refractivity contribution in [3.63, 3.8) is 0 Å². The third-order valence-electron chi connectivity index (χ3n) is 6.17. The van der Waals surface area contributed by atoms with Crippen molar-refractivity contribution in [3.8, 4) is 5.75 Å². The van der Waals surface area contributed by atoms with E-state index in [1.807, 2.05) is 52.0 Å². The summed E-state index contributed by atoms with van der Waals surface area (Å²) in [4.78, 5) is 28.2. The Bertz CT molecular complexity index is 1190. The van der Waals surface area contributed by atoms with Crippen molar-refractivity contribution in [3.05, 3.63) is 58.6 Å². The smallest absolute Gasteiger partial charge is 0.242 e. The summed E-state index contributed by atoms with van der Waals surface area (Å²) in [5.74, 6) is 0.559. The van der Waals surface area contributed by atoms with Crippen LogP contribution in [-0.4, -0.2) is 57.6 Å². The Morgan fingerprint density at radius 3 is 2.32 bits per heavy atom. The highest BCUT2D eigenvalue weighted by molar-refractivity contribution is 7.92. The SMILES string of the molecule is CC[C@H](C(=O)NCC(C)C)N(Cc1ccc(OC)cc1)C(=O)CCCN(c1cc(Cl)ccc1C)S(C)(=O)=O. The van der Waals surface area contributed by atoms with Crippen LogP contribution in [0.15, 0.2) is 42.5 Å². The number of nitrogens with one attached hydrogen (secondary N) is 1. The minimum absolute atomic E-state index is 0.0791. The van der Waals surface area contributed by atoms with Gasteiger partial charge in [-0.2, -0.15) is 0 Å². The number of sulfonamides is 1. The van der Waals surface area contributed by atoms with Crippen molar-refractivity contribution in [1.29, 1.82) is 0 Å². The van der Waals surface area contributed by atoms with E-state index >= 15 is 0 Å². The van der Waals surface area contributed by atoms with Crippen LogP contribution in [-0.2, 0) is 26.2 Å². The van der Waals surface area contributed by atoms with Crippen molar-refractivity contribution >= 4 is 39.1 Å². The van der Waals surface area contributed by atoms with Gasteiger partial charge in [0.05, 0.1) is 19.1 Å². The van der Waals surface area contributed by atoms with E-state index in [9.17, 15) is 18.0 Å². The number of methoxy groups -OCH3 is 1. The summed E-state index contributed by atoms with van der Waals surface area (Å²) in [6, 6.07) is 11.8. The van der Waals surface area contributed by atoms with Crippen LogP contribution in [0.1, 0.15) is 51.2 Å². The first-order valence-corrected chi connectivity index (χ1v) is 15.0. The third-order valence-corrected chi connectivity index (χ3v) is 7.59. The van der Waals surface area contributed by atoms with Crippen molar-refractivity contribution in [2.24, 2.45) is 5.92 Å². The van der Waals surface area contributed by atoms with Gasteiger partial charge >= 0.3 is 0 Å². The topological polar surface area (TPSA) is 96.0 Å². The molecule has 2 aromatic rings. The Balaban J connectivity index is 2.25. The van der Waals surface area contributed by atoms with Gasteiger partial charge in [0.15, 0.2) is 0 Å². The molecule has 0 aromatic heterocycles. The first-order chi connectivity index (χ1) is 17.9. The van der Waals surface area contributed by atoms with E-state index in [4.69, 9.17) is 16.3 Å². The summed E-state index contributed by atoms with van der Waals surface area (Å²) in [5, 5.41) is 3.38. The molecule has 0 aliphatic heterocycles. The molecular formula is C28H40ClN3O5S. The minimum atomic E-state index is -3.61. The highest BCUT2D eigenvalue weighted by Crippen LogP contribution is 2.27. The number of anilines is 1. The zero-order chi connectivity index (χ0) is 28.5. The van der Waals surface area contributed by atoms with Crippen LogP contribution < -0.4 is 14.4 Å². The number of carbonyl (C=O) groups is 2. The maximum Gasteiger partial charge on any atom is 0.242 e. The highest BCUT2D eigenvalue weighted by atomic mass is 35.5. The van der Waals surface area contributed by atoms with Gasteiger partial charge in [-0.05, 0) is 61.1 Å². The minimum Gasteiger partial charge on any atom is -0.497 e. The fourth-order valence-electron chi connectivity index (χ4n) is 4.10. The summed E-state index contributed by atoms with van der Waals surface area (Å²) in [7, 11) is -2.02. The van der Waals surface area contributed by atoms with E-state index in [0.29, 0.717) is 29.4 Å². The standard InChI is InChI=1S/C28H40ClN3O5S/c1-7-25(28(34)30-18-20(2)3)31(19-22-11-14-24(37-5)15-12-22)27(33)9-8-16-32(38(6,35)36)26-17-23(29)13-10-21(26)4/h10-15,17,20,25H,7-9,16,18-19H2,1-6H3,(H,30,34)/t25-/m1/s1. The summed E-state index contributed by atoms with van der Waals surface area (Å²) >= 11 is 6.13. The average Bonchev–Trinajstić information content (AvgIpc) is 2.86. The molecule has 0 radical (unpaired) electrons. The number of hydrogen-bond acceptors (Lipinski definition) is 5. The number of ether oxygens (including phenoxy) is 1. The molecule has 0 spiro atoms. The van der Waals surface area contributed by atoms with Crippen LogP contribution in [0.25, 0.3) is 0 Å². The molecule has 0 unspecified atom stereocenters. The van der Waals surface area contributed by atoms with Gasteiger partial charge in [-0.25, -0.2) is 8.42 Å². The van der Waals surface area contributed by atoms with Crippen molar-refractivity contribution in [1.82, 2.24) is 10.2 Å². The normalized spacial score (nSPS) is 12.2. The van der Waals surface area contributed by atoms with Gasteiger partial charge in [0.2, 0.25) is 21.8 Å². The van der Waals surface area contributed by atoms with E-state index in [1.165, 1.54) is 4.31 Å². The lowest BCUT2D eigenvalue weighted by molar-refractivity contribution is -0.141. The van der Waals surface area contributed by atoms with Gasteiger partial charge in [0.25, 0.3) is 0 Å². The Morgan fingerprint density at radius 1 is 1.11 bits per heavy atom. The van der Waals surface area contributed by atoms with Gasteiger partial charge in [-0.3, -0.25) is 13.9 Å². The molecule has 0 aliphatic rings. The first kappa shape index (κ1) is 31.4. The van der Waals surface area contributed by atoms with Crippen LogP contribution in [0.4, 0.5) is 5.69 Å². The molecule has 0 aliphatic carbocycles. The van der Waals surface area contributed by atoms with E-state index in [2.05, 4.69) is 5.32 Å². The van der Waals surface area contributed by atoms with E-state index in [0.717, 1.165) is 17.4 Å². The lowest BCUT2D eigenvalue weighted by Crippen LogP contribution is -2.49. The number of nitrogens with zero attached hydrogens (tertiary/aromatic N) is 2. The van der Waals surface area contributed by atoms with Gasteiger partial charge in [0, 0.05) is 31.1 Å². The third kappa shape index (κ3) is 9.20. The second-order valence-electron chi connectivity index (χ2n) is 9.80. The lowest BCUT2D eigenvalue weighted by atomic mass is 10.1. The van der Waals surface area contributed by atoms with Crippen LogP contribution >= 0.6 is 11.6 Å². The fourth-order valence-corrected chi connectivity index (χ4v) is 5.28. The molecule has 2 aromatic carbocycles. The van der Waals surface area contributed by atoms with Crippen molar-refractivity contribution in [2.75, 3.05) is 30.8 Å². The Kier molecular flexibility index (Phi) is 11.9. The molecule has 210 valence electrons. The number of amides is 2. The first-order valence-electron chi connectivity index (χ1n) is 12.8. The molecule has 0 saturated heterocycles. The Morgan fingerprint density at radius 2 is 1.76 bits per heavy atom. The zero-order valence-corrected chi connectivity index (χ0v) is 24.7. The van der Waals surface area contributed by atoms with Gasteiger partial charge in [-0.15, -0.1) is 0 Å². The van der Waals surface area contributed by atoms with Crippen molar-refractivity contribution < 1.29 is 22.7 Å². The number of aryl methyl sites for hydroxylation is 1. The van der Waals surface area contributed by atoms with Crippen LogP contribution in [0.2, 0.25) is 5.02 Å². The summed E-state index contributed by atoms with van der Waals surface area (Å²) in [5.41, 5.74) is 2.11. The fraction of sp³-hybridized carbons (Fsp3) is 0.500. The molecule has 2 amide bonds. The lowest BCUT2D eigenvalue weighted by Gasteiger charge is -2.31. The zero-order valence-electron chi connectivity index (χ0n) is 23.2. The van der Waals surface area contributed by atoms with Crippen LogP contribution in [0, 0.1) is 12.8 Å². The van der Waals surface area contributed by atoms with Gasteiger partial charge in [0.1, 0.15) is 11.8 Å². The van der Waals surface area contributed by atoms with E-state index in [-0.39, 0.29) is 43.7 Å². The number of hydrogen-bond donors (Lipinski definition) is 1. The van der Waals surface area contributed by atoms with E-state index in [1.54, 1.807) is 30.2 Å². The molecule has 1 atom stereocenters. The molecular weight excluding hydrogens is 526 g/mol. The van der Waals surface area contributed by atoms with Crippen LogP contribution in [0.3, 0.4) is 0 Å². The maximum atomic E-state index is 13.5. The van der Waals surface area contributed by atoms with Crippen molar-refractivity contribution in [2.45, 2.75) is 59.5 Å². The number of halogens is 1. The summed E-state index contributed by atoms with van der Waals surface area (Å²) in [6.45, 7) is 8.59. The Hall–Kier alpha value is -2.78. The van der Waals surface area contributed by atoms with Crippen LogP contribution in [0.5, 0.6) is 5.75 Å². The van der Waals surface area contributed by atoms with Gasteiger partial charge < -0.3 is 15.0 Å². The second kappa shape index (κ2) is 14.4.